The third-order valence-electron chi connectivity index (χ3n) is 3.85. The third-order valence-corrected chi connectivity index (χ3v) is 4.70. The summed E-state index contributed by atoms with van der Waals surface area (Å²) in [6.45, 7) is 6.58. The van der Waals surface area contributed by atoms with Crippen LogP contribution in [0.15, 0.2) is 29.6 Å². The zero-order chi connectivity index (χ0) is 14.7. The van der Waals surface area contributed by atoms with E-state index in [0.717, 1.165) is 31.1 Å². The lowest BCUT2D eigenvalue weighted by molar-refractivity contribution is 0.637. The molecule has 0 aliphatic heterocycles. The Balaban J connectivity index is 1.59. The molecule has 0 unspecified atom stereocenters. The van der Waals surface area contributed by atoms with E-state index in [4.69, 9.17) is 4.98 Å². The Morgan fingerprint density at radius 3 is 2.67 bits per heavy atom. The van der Waals surface area contributed by atoms with E-state index in [2.05, 4.69) is 48.8 Å². The second kappa shape index (κ2) is 6.71. The summed E-state index contributed by atoms with van der Waals surface area (Å²) in [4.78, 5) is 4.74. The highest BCUT2D eigenvalue weighted by Gasteiger charge is 2.20. The number of rotatable bonds is 7. The van der Waals surface area contributed by atoms with E-state index in [1.54, 1.807) is 11.3 Å². The van der Waals surface area contributed by atoms with E-state index in [9.17, 15) is 0 Å². The Morgan fingerprint density at radius 1 is 1.24 bits per heavy atom. The van der Waals surface area contributed by atoms with Crippen LogP contribution in [0, 0.1) is 11.8 Å². The van der Waals surface area contributed by atoms with Gasteiger partial charge < -0.3 is 5.32 Å². The third kappa shape index (κ3) is 4.39. The largest absolute Gasteiger partial charge is 0.310 e. The Labute approximate surface area is 131 Å². The van der Waals surface area contributed by atoms with Crippen LogP contribution in [0.3, 0.4) is 0 Å². The van der Waals surface area contributed by atoms with Gasteiger partial charge in [0.2, 0.25) is 0 Å². The molecule has 1 N–H and O–H groups in total. The average Bonchev–Trinajstić information content (AvgIpc) is 3.16. The summed E-state index contributed by atoms with van der Waals surface area (Å²) in [5.74, 6) is 1.64. The van der Waals surface area contributed by atoms with Crippen LogP contribution in [-0.2, 0) is 13.0 Å². The summed E-state index contributed by atoms with van der Waals surface area (Å²) < 4.78 is 0. The summed E-state index contributed by atoms with van der Waals surface area (Å²) in [6.07, 6.45) is 3.95. The van der Waals surface area contributed by atoms with Gasteiger partial charge in [-0.2, -0.15) is 0 Å². The molecule has 1 aliphatic carbocycles. The number of aromatic nitrogens is 1. The molecule has 0 amide bonds. The molecule has 2 aromatic rings. The summed E-state index contributed by atoms with van der Waals surface area (Å²) in [7, 11) is 0. The molecule has 1 saturated carbocycles. The van der Waals surface area contributed by atoms with E-state index in [1.807, 2.05) is 0 Å². The predicted octanol–water partition coefficient (Wildman–Crippen LogP) is 4.51. The number of hydrogen-bond acceptors (Lipinski definition) is 3. The van der Waals surface area contributed by atoms with Crippen LogP contribution in [0.25, 0.3) is 11.3 Å². The van der Waals surface area contributed by atoms with Crippen LogP contribution < -0.4 is 5.32 Å². The monoisotopic (exact) mass is 300 g/mol. The molecule has 1 heterocycles. The van der Waals surface area contributed by atoms with Gasteiger partial charge in [-0.1, -0.05) is 38.1 Å². The number of nitrogens with zero attached hydrogens (tertiary/aromatic N) is 1. The number of hydrogen-bond donors (Lipinski definition) is 1. The Kier molecular flexibility index (Phi) is 4.71. The Morgan fingerprint density at radius 2 is 2.00 bits per heavy atom. The van der Waals surface area contributed by atoms with Gasteiger partial charge in [-0.05, 0) is 43.2 Å². The standard InChI is InChI=1S/C18H24N2S/c1-13(2)9-14-5-7-16(8-6-14)17-12-21-18(20-17)11-19-10-15-3-4-15/h5-8,12-13,15,19H,3-4,9-11H2,1-2H3. The first-order valence-electron chi connectivity index (χ1n) is 7.95. The van der Waals surface area contributed by atoms with E-state index < -0.39 is 0 Å². The predicted molar refractivity (Wildman–Crippen MR) is 90.5 cm³/mol. The van der Waals surface area contributed by atoms with Gasteiger partial charge in [-0.15, -0.1) is 11.3 Å². The minimum Gasteiger partial charge on any atom is -0.310 e. The smallest absolute Gasteiger partial charge is 0.107 e. The van der Waals surface area contributed by atoms with Crippen molar-refractivity contribution >= 4 is 11.3 Å². The molecular formula is C18H24N2S. The van der Waals surface area contributed by atoms with Crippen molar-refractivity contribution in [2.45, 2.75) is 39.7 Å². The van der Waals surface area contributed by atoms with E-state index in [1.165, 1.54) is 29.0 Å². The highest BCUT2D eigenvalue weighted by molar-refractivity contribution is 7.09. The lowest BCUT2D eigenvalue weighted by Crippen LogP contribution is -2.15. The quantitative estimate of drug-likeness (QED) is 0.814. The fraction of sp³-hybridized carbons (Fsp3) is 0.500. The van der Waals surface area contributed by atoms with Crippen LogP contribution in [0.5, 0.6) is 0 Å². The lowest BCUT2D eigenvalue weighted by Gasteiger charge is -2.05. The van der Waals surface area contributed by atoms with Crippen molar-refractivity contribution < 1.29 is 0 Å². The van der Waals surface area contributed by atoms with Gasteiger partial charge in [-0.3, -0.25) is 0 Å². The van der Waals surface area contributed by atoms with Crippen molar-refractivity contribution in [2.24, 2.45) is 11.8 Å². The maximum Gasteiger partial charge on any atom is 0.107 e. The highest BCUT2D eigenvalue weighted by atomic mass is 32.1. The number of thiazole rings is 1. The van der Waals surface area contributed by atoms with Crippen LogP contribution >= 0.6 is 11.3 Å². The molecule has 112 valence electrons. The van der Waals surface area contributed by atoms with E-state index >= 15 is 0 Å². The SMILES string of the molecule is CC(C)Cc1ccc(-c2csc(CNCC3CC3)n2)cc1. The molecule has 21 heavy (non-hydrogen) atoms. The second-order valence-electron chi connectivity index (χ2n) is 6.50. The van der Waals surface area contributed by atoms with Crippen LogP contribution in [0.1, 0.15) is 37.3 Å². The Bertz CT molecular complexity index is 567. The molecule has 0 saturated heterocycles. The van der Waals surface area contributed by atoms with Crippen molar-refractivity contribution in [1.82, 2.24) is 10.3 Å². The molecule has 3 rings (SSSR count). The normalized spacial score (nSPS) is 14.8. The summed E-state index contributed by atoms with van der Waals surface area (Å²) in [6, 6.07) is 8.88. The summed E-state index contributed by atoms with van der Waals surface area (Å²) >= 11 is 1.76. The zero-order valence-electron chi connectivity index (χ0n) is 12.9. The van der Waals surface area contributed by atoms with Crippen molar-refractivity contribution in [3.63, 3.8) is 0 Å². The fourth-order valence-corrected chi connectivity index (χ4v) is 3.29. The maximum absolute atomic E-state index is 4.74. The summed E-state index contributed by atoms with van der Waals surface area (Å²) in [5.41, 5.74) is 3.75. The molecule has 0 spiro atoms. The Hall–Kier alpha value is -1.19. The first-order valence-corrected chi connectivity index (χ1v) is 8.83. The van der Waals surface area contributed by atoms with Crippen LogP contribution in [-0.4, -0.2) is 11.5 Å². The minimum absolute atomic E-state index is 0.708. The van der Waals surface area contributed by atoms with Crippen molar-refractivity contribution in [2.75, 3.05) is 6.54 Å². The van der Waals surface area contributed by atoms with Gasteiger partial charge in [0.25, 0.3) is 0 Å². The van der Waals surface area contributed by atoms with Gasteiger partial charge in [0.1, 0.15) is 5.01 Å². The lowest BCUT2D eigenvalue weighted by atomic mass is 10.0. The van der Waals surface area contributed by atoms with Gasteiger partial charge >= 0.3 is 0 Å². The molecule has 3 heteroatoms. The molecule has 1 aliphatic rings. The fourth-order valence-electron chi connectivity index (χ4n) is 2.51. The first-order chi connectivity index (χ1) is 10.2. The minimum atomic E-state index is 0.708. The van der Waals surface area contributed by atoms with Gasteiger partial charge in [0.05, 0.1) is 5.69 Å². The highest BCUT2D eigenvalue weighted by Crippen LogP contribution is 2.28. The molecular weight excluding hydrogens is 276 g/mol. The summed E-state index contributed by atoms with van der Waals surface area (Å²) in [5, 5.41) is 6.87. The van der Waals surface area contributed by atoms with Crippen molar-refractivity contribution in [3.05, 3.63) is 40.2 Å². The second-order valence-corrected chi connectivity index (χ2v) is 7.44. The zero-order valence-corrected chi connectivity index (χ0v) is 13.7. The molecule has 1 aromatic carbocycles. The van der Waals surface area contributed by atoms with Crippen LogP contribution in [0.2, 0.25) is 0 Å². The van der Waals surface area contributed by atoms with E-state index in [-0.39, 0.29) is 0 Å². The molecule has 1 aromatic heterocycles. The number of nitrogens with one attached hydrogen (secondary N) is 1. The molecule has 0 radical (unpaired) electrons. The molecule has 2 nitrogen and oxygen atoms in total. The number of benzene rings is 1. The van der Waals surface area contributed by atoms with Crippen molar-refractivity contribution in [3.8, 4) is 11.3 Å². The van der Waals surface area contributed by atoms with Gasteiger partial charge in [0, 0.05) is 17.5 Å². The maximum atomic E-state index is 4.74. The van der Waals surface area contributed by atoms with Gasteiger partial charge in [-0.25, -0.2) is 4.98 Å². The van der Waals surface area contributed by atoms with Crippen molar-refractivity contribution in [1.29, 1.82) is 0 Å². The van der Waals surface area contributed by atoms with E-state index in [0.29, 0.717) is 5.92 Å². The molecule has 1 fully saturated rings. The topological polar surface area (TPSA) is 24.9 Å². The average molecular weight is 300 g/mol. The van der Waals surface area contributed by atoms with Crippen LogP contribution in [0.4, 0.5) is 0 Å². The molecule has 0 atom stereocenters. The first kappa shape index (κ1) is 14.7. The molecule has 0 bridgehead atoms. The van der Waals surface area contributed by atoms with Gasteiger partial charge in [0.15, 0.2) is 0 Å².